The summed E-state index contributed by atoms with van der Waals surface area (Å²) in [5, 5.41) is 0. The van der Waals surface area contributed by atoms with Gasteiger partial charge in [0.2, 0.25) is 5.95 Å². The molecule has 0 aliphatic carbocycles. The number of aromatic nitrogens is 2. The number of fused-ring (bicyclic) bond motifs is 1. The van der Waals surface area contributed by atoms with Gasteiger partial charge < -0.3 is 28.9 Å². The van der Waals surface area contributed by atoms with Crippen molar-refractivity contribution >= 4 is 29.9 Å². The maximum absolute atomic E-state index is 6.23. The second kappa shape index (κ2) is 12.8. The van der Waals surface area contributed by atoms with Crippen molar-refractivity contribution in [3.05, 3.63) is 29.5 Å². The van der Waals surface area contributed by atoms with Crippen LogP contribution in [0.5, 0.6) is 11.5 Å². The lowest BCUT2D eigenvalue weighted by Crippen LogP contribution is -2.47. The molecule has 5 heterocycles. The summed E-state index contributed by atoms with van der Waals surface area (Å²) in [5.41, 5.74) is 3.78. The fourth-order valence-corrected chi connectivity index (χ4v) is 6.42. The van der Waals surface area contributed by atoms with Crippen LogP contribution in [-0.2, 0) is 11.2 Å². The van der Waals surface area contributed by atoms with Crippen LogP contribution in [0.25, 0.3) is 0 Å². The SMILES string of the molecule is COc1cc2c(cc1OC)C(CCN1CCN(c3nc(N4CCCC4)ncc3N3CCCC3)CC1)OCC2.Cl. The Kier molecular flexibility index (Phi) is 9.20. The molecule has 0 radical (unpaired) electrons. The van der Waals surface area contributed by atoms with Gasteiger partial charge in [0.15, 0.2) is 17.3 Å². The quantitative estimate of drug-likeness (QED) is 0.479. The predicted molar refractivity (Wildman–Crippen MR) is 157 cm³/mol. The van der Waals surface area contributed by atoms with Crippen LogP contribution < -0.4 is 24.2 Å². The van der Waals surface area contributed by atoms with E-state index in [1.807, 2.05) is 0 Å². The molecule has 9 nitrogen and oxygen atoms in total. The molecule has 0 bridgehead atoms. The standard InChI is InChI=1S/C29H42N6O3.ClH/c1-36-26-19-22-8-18-38-25(23(22)20-27(26)37-2)7-13-32-14-16-34(17-15-32)28-24(33-9-3-4-10-33)21-30-29(31-28)35-11-5-6-12-35;/h19-21,25H,3-18H2,1-2H3;1H. The van der Waals surface area contributed by atoms with Gasteiger partial charge in [0.1, 0.15) is 0 Å². The number of hydrogen-bond donors (Lipinski definition) is 0. The molecule has 1 atom stereocenters. The largest absolute Gasteiger partial charge is 0.493 e. The highest BCUT2D eigenvalue weighted by atomic mass is 35.5. The average molecular weight is 559 g/mol. The van der Waals surface area contributed by atoms with Gasteiger partial charge in [-0.1, -0.05) is 0 Å². The number of halogens is 1. The maximum atomic E-state index is 6.23. The third-order valence-electron chi connectivity index (χ3n) is 8.64. The number of anilines is 3. The summed E-state index contributed by atoms with van der Waals surface area (Å²) in [6.45, 7) is 10.2. The Hall–Kier alpha value is -2.49. The number of methoxy groups -OCH3 is 2. The molecule has 10 heteroatoms. The van der Waals surface area contributed by atoms with Gasteiger partial charge in [0, 0.05) is 58.9 Å². The van der Waals surface area contributed by atoms with Crippen molar-refractivity contribution in [2.75, 3.05) is 94.4 Å². The molecule has 2 aromatic rings. The van der Waals surface area contributed by atoms with Crippen LogP contribution in [0.1, 0.15) is 49.3 Å². The molecule has 4 aliphatic rings. The number of benzene rings is 1. The van der Waals surface area contributed by atoms with Gasteiger partial charge in [-0.25, -0.2) is 4.98 Å². The fraction of sp³-hybridized carbons (Fsp3) is 0.655. The van der Waals surface area contributed by atoms with E-state index < -0.39 is 0 Å². The number of piperazine rings is 1. The van der Waals surface area contributed by atoms with E-state index in [9.17, 15) is 0 Å². The minimum Gasteiger partial charge on any atom is -0.493 e. The van der Waals surface area contributed by atoms with E-state index in [0.29, 0.717) is 0 Å². The second-order valence-corrected chi connectivity index (χ2v) is 10.9. The third kappa shape index (κ3) is 6.00. The molecular formula is C29H43ClN6O3. The molecule has 0 spiro atoms. The Morgan fingerprint density at radius 2 is 1.51 bits per heavy atom. The summed E-state index contributed by atoms with van der Waals surface area (Å²) >= 11 is 0. The first-order chi connectivity index (χ1) is 18.7. The normalized spacial score (nSPS) is 21.6. The molecule has 0 amide bonds. The predicted octanol–water partition coefficient (Wildman–Crippen LogP) is 3.94. The van der Waals surface area contributed by atoms with E-state index in [0.717, 1.165) is 102 Å². The van der Waals surface area contributed by atoms with Gasteiger partial charge in [0.05, 0.1) is 38.8 Å². The molecule has 4 aliphatic heterocycles. The Bertz CT molecular complexity index is 1100. The molecule has 0 N–H and O–H groups in total. The molecular weight excluding hydrogens is 516 g/mol. The van der Waals surface area contributed by atoms with E-state index in [-0.39, 0.29) is 18.5 Å². The number of hydrogen-bond acceptors (Lipinski definition) is 9. The Morgan fingerprint density at radius 1 is 0.846 bits per heavy atom. The fourth-order valence-electron chi connectivity index (χ4n) is 6.42. The summed E-state index contributed by atoms with van der Waals surface area (Å²) in [5.74, 6) is 3.62. The molecule has 0 saturated carbocycles. The van der Waals surface area contributed by atoms with Gasteiger partial charge in [-0.15, -0.1) is 12.4 Å². The monoisotopic (exact) mass is 558 g/mol. The van der Waals surface area contributed by atoms with Crippen LogP contribution in [0.3, 0.4) is 0 Å². The first-order valence-corrected chi connectivity index (χ1v) is 14.4. The second-order valence-electron chi connectivity index (χ2n) is 10.9. The van der Waals surface area contributed by atoms with Gasteiger partial charge >= 0.3 is 0 Å². The van der Waals surface area contributed by atoms with Crippen molar-refractivity contribution in [1.82, 2.24) is 14.9 Å². The highest BCUT2D eigenvalue weighted by molar-refractivity contribution is 5.85. The van der Waals surface area contributed by atoms with E-state index in [1.165, 1.54) is 42.5 Å². The summed E-state index contributed by atoms with van der Waals surface area (Å²) in [6, 6.07) is 4.24. The van der Waals surface area contributed by atoms with Crippen LogP contribution in [0.4, 0.5) is 17.5 Å². The smallest absolute Gasteiger partial charge is 0.227 e. The highest BCUT2D eigenvalue weighted by Crippen LogP contribution is 2.38. The number of rotatable bonds is 8. The average Bonchev–Trinajstić information content (AvgIpc) is 3.70. The zero-order chi connectivity index (χ0) is 25.9. The van der Waals surface area contributed by atoms with E-state index in [4.69, 9.17) is 24.2 Å². The zero-order valence-electron chi connectivity index (χ0n) is 23.4. The van der Waals surface area contributed by atoms with E-state index in [1.54, 1.807) is 14.2 Å². The van der Waals surface area contributed by atoms with Gasteiger partial charge in [-0.2, -0.15) is 4.98 Å². The first-order valence-electron chi connectivity index (χ1n) is 14.4. The Labute approximate surface area is 238 Å². The number of ether oxygens (including phenoxy) is 3. The molecule has 6 rings (SSSR count). The minimum absolute atomic E-state index is 0. The maximum Gasteiger partial charge on any atom is 0.227 e. The van der Waals surface area contributed by atoms with Crippen LogP contribution >= 0.6 is 12.4 Å². The summed E-state index contributed by atoms with van der Waals surface area (Å²) in [4.78, 5) is 19.9. The molecule has 1 unspecified atom stereocenters. The Morgan fingerprint density at radius 3 is 2.21 bits per heavy atom. The minimum atomic E-state index is 0. The van der Waals surface area contributed by atoms with Crippen LogP contribution in [0.2, 0.25) is 0 Å². The van der Waals surface area contributed by atoms with Crippen molar-refractivity contribution < 1.29 is 14.2 Å². The summed E-state index contributed by atoms with van der Waals surface area (Å²) < 4.78 is 17.3. The zero-order valence-corrected chi connectivity index (χ0v) is 24.3. The molecule has 1 aromatic carbocycles. The molecule has 1 aromatic heterocycles. The summed E-state index contributed by atoms with van der Waals surface area (Å²) in [6.07, 6.45) is 9.08. The van der Waals surface area contributed by atoms with Crippen LogP contribution in [0.15, 0.2) is 18.3 Å². The van der Waals surface area contributed by atoms with Crippen LogP contribution in [0, 0.1) is 0 Å². The van der Waals surface area contributed by atoms with Crippen molar-refractivity contribution in [3.63, 3.8) is 0 Å². The third-order valence-corrected chi connectivity index (χ3v) is 8.64. The Balaban J connectivity index is 0.00000308. The molecule has 39 heavy (non-hydrogen) atoms. The van der Waals surface area contributed by atoms with Gasteiger partial charge in [-0.05, 0) is 61.8 Å². The molecule has 3 saturated heterocycles. The van der Waals surface area contributed by atoms with Crippen molar-refractivity contribution in [1.29, 1.82) is 0 Å². The van der Waals surface area contributed by atoms with E-state index in [2.05, 4.69) is 37.9 Å². The van der Waals surface area contributed by atoms with Crippen molar-refractivity contribution in [2.24, 2.45) is 0 Å². The van der Waals surface area contributed by atoms with Crippen LogP contribution in [-0.4, -0.2) is 94.6 Å². The topological polar surface area (TPSA) is 66.4 Å². The lowest BCUT2D eigenvalue weighted by Gasteiger charge is -2.38. The van der Waals surface area contributed by atoms with Crippen molar-refractivity contribution in [3.8, 4) is 11.5 Å². The highest BCUT2D eigenvalue weighted by Gasteiger charge is 2.28. The van der Waals surface area contributed by atoms with Gasteiger partial charge in [-0.3, -0.25) is 4.90 Å². The summed E-state index contributed by atoms with van der Waals surface area (Å²) in [7, 11) is 3.40. The van der Waals surface area contributed by atoms with Gasteiger partial charge in [0.25, 0.3) is 0 Å². The molecule has 3 fully saturated rings. The van der Waals surface area contributed by atoms with E-state index >= 15 is 0 Å². The first kappa shape index (κ1) is 28.1. The molecule has 214 valence electrons. The van der Waals surface area contributed by atoms with Crippen molar-refractivity contribution in [2.45, 2.75) is 44.6 Å². The lowest BCUT2D eigenvalue weighted by atomic mass is 9.94. The number of nitrogens with zero attached hydrogens (tertiary/aromatic N) is 6. The lowest BCUT2D eigenvalue weighted by molar-refractivity contribution is 0.0286.